The number of hydrogen-bond donors (Lipinski definition) is 1. The number of nitrogens with one attached hydrogen (secondary N) is 1. The van der Waals surface area contributed by atoms with Crippen LogP contribution in [0.4, 0.5) is 0 Å². The standard InChI is InChI=1S/C30H39N5O/c1-2-29-26-20-34(18-15-28(26)33-35(29)19-22-8-9-22)17-14-21-10-12-23(13-11-21)32-30(36)25-5-3-7-27-24(25)6-4-16-31-27/h3-7,16,21-23H,2,8-15,17-20H2,1H3,(H,32,36)/t21-,23-. The molecule has 0 saturated heterocycles. The molecule has 6 rings (SSSR count). The molecule has 6 nitrogen and oxygen atoms in total. The second kappa shape index (κ2) is 10.3. The Hall–Kier alpha value is -2.73. The first-order valence-corrected chi connectivity index (χ1v) is 14.1. The maximum Gasteiger partial charge on any atom is 0.252 e. The number of benzene rings is 1. The first-order chi connectivity index (χ1) is 17.7. The van der Waals surface area contributed by atoms with Gasteiger partial charge in [-0.15, -0.1) is 0 Å². The van der Waals surface area contributed by atoms with Crippen LogP contribution in [0, 0.1) is 11.8 Å². The highest BCUT2D eigenvalue weighted by Crippen LogP contribution is 2.33. The van der Waals surface area contributed by atoms with Crippen LogP contribution < -0.4 is 5.32 Å². The van der Waals surface area contributed by atoms with E-state index in [9.17, 15) is 4.79 Å². The lowest BCUT2D eigenvalue weighted by molar-refractivity contribution is 0.0921. The van der Waals surface area contributed by atoms with Crippen LogP contribution in [-0.2, 0) is 25.9 Å². The van der Waals surface area contributed by atoms with Gasteiger partial charge in [0.15, 0.2) is 0 Å². The molecule has 1 aliphatic heterocycles. The van der Waals surface area contributed by atoms with Crippen molar-refractivity contribution in [1.29, 1.82) is 0 Å². The van der Waals surface area contributed by atoms with Crippen LogP contribution in [0.25, 0.3) is 10.9 Å². The molecular formula is C30H39N5O. The molecule has 0 spiro atoms. The van der Waals surface area contributed by atoms with Crippen molar-refractivity contribution in [1.82, 2.24) is 25.0 Å². The highest BCUT2D eigenvalue weighted by Gasteiger charge is 2.29. The molecule has 0 atom stereocenters. The van der Waals surface area contributed by atoms with Crippen LogP contribution in [0.1, 0.15) is 79.2 Å². The van der Waals surface area contributed by atoms with E-state index in [0.29, 0.717) is 0 Å². The van der Waals surface area contributed by atoms with E-state index in [1.54, 1.807) is 6.20 Å². The van der Waals surface area contributed by atoms with Crippen molar-refractivity contribution >= 4 is 16.8 Å². The highest BCUT2D eigenvalue weighted by molar-refractivity contribution is 6.06. The minimum absolute atomic E-state index is 0.0372. The molecule has 2 aliphatic carbocycles. The number of carbonyl (C=O) groups is 1. The summed E-state index contributed by atoms with van der Waals surface area (Å²) in [5.74, 6) is 1.68. The van der Waals surface area contributed by atoms with E-state index in [0.717, 1.165) is 73.6 Å². The van der Waals surface area contributed by atoms with Crippen LogP contribution >= 0.6 is 0 Å². The molecule has 2 aromatic heterocycles. The number of hydrogen-bond acceptors (Lipinski definition) is 4. The van der Waals surface area contributed by atoms with Gasteiger partial charge in [-0.2, -0.15) is 5.10 Å². The molecule has 1 aromatic carbocycles. The molecule has 3 aromatic rings. The molecular weight excluding hydrogens is 446 g/mol. The summed E-state index contributed by atoms with van der Waals surface area (Å²) in [6.07, 6.45) is 12.6. The van der Waals surface area contributed by atoms with Gasteiger partial charge in [-0.1, -0.05) is 19.1 Å². The summed E-state index contributed by atoms with van der Waals surface area (Å²) in [4.78, 5) is 20.1. The van der Waals surface area contributed by atoms with Crippen LogP contribution in [0.15, 0.2) is 36.5 Å². The monoisotopic (exact) mass is 485 g/mol. The Kier molecular flexibility index (Phi) is 6.79. The Morgan fingerprint density at radius 2 is 1.89 bits per heavy atom. The summed E-state index contributed by atoms with van der Waals surface area (Å²) < 4.78 is 2.34. The number of nitrogens with zero attached hydrogens (tertiary/aromatic N) is 4. The Bertz CT molecular complexity index is 1220. The van der Waals surface area contributed by atoms with Gasteiger partial charge in [-0.25, -0.2) is 0 Å². The SMILES string of the molecule is CCc1c2c(nn1CC1CC1)CCN(CC[C@H]1CC[C@H](NC(=O)c3cccc4ncccc34)CC1)C2. The third-order valence-electron chi connectivity index (χ3n) is 8.69. The zero-order valence-electron chi connectivity index (χ0n) is 21.6. The summed E-state index contributed by atoms with van der Waals surface area (Å²) in [6.45, 7) is 6.82. The van der Waals surface area contributed by atoms with Crippen molar-refractivity contribution in [3.05, 3.63) is 59.0 Å². The smallest absolute Gasteiger partial charge is 0.252 e. The zero-order valence-corrected chi connectivity index (χ0v) is 21.6. The summed E-state index contributed by atoms with van der Waals surface area (Å²) in [6, 6.07) is 9.96. The fourth-order valence-electron chi connectivity index (χ4n) is 6.35. The van der Waals surface area contributed by atoms with E-state index >= 15 is 0 Å². The van der Waals surface area contributed by atoms with E-state index in [1.165, 1.54) is 55.6 Å². The van der Waals surface area contributed by atoms with E-state index in [2.05, 4.69) is 26.8 Å². The van der Waals surface area contributed by atoms with E-state index in [1.807, 2.05) is 30.3 Å². The Morgan fingerprint density at radius 3 is 2.69 bits per heavy atom. The Labute approximate surface area is 214 Å². The molecule has 2 saturated carbocycles. The number of amides is 1. The molecule has 1 amide bonds. The maximum atomic E-state index is 13.0. The summed E-state index contributed by atoms with van der Waals surface area (Å²) in [5.41, 5.74) is 5.99. The van der Waals surface area contributed by atoms with E-state index in [-0.39, 0.29) is 11.9 Å². The summed E-state index contributed by atoms with van der Waals surface area (Å²) >= 11 is 0. The first-order valence-electron chi connectivity index (χ1n) is 14.1. The van der Waals surface area contributed by atoms with E-state index in [4.69, 9.17) is 5.10 Å². The van der Waals surface area contributed by atoms with Gasteiger partial charge in [0.05, 0.1) is 11.2 Å². The van der Waals surface area contributed by atoms with Crippen LogP contribution in [-0.4, -0.2) is 44.7 Å². The van der Waals surface area contributed by atoms with Gasteiger partial charge in [0.1, 0.15) is 0 Å². The third kappa shape index (κ3) is 5.06. The molecule has 0 unspecified atom stereocenters. The second-order valence-corrected chi connectivity index (χ2v) is 11.2. The predicted octanol–water partition coefficient (Wildman–Crippen LogP) is 5.14. The largest absolute Gasteiger partial charge is 0.349 e. The molecule has 0 bridgehead atoms. The fraction of sp³-hybridized carbons (Fsp3) is 0.567. The Balaban J connectivity index is 0.985. The van der Waals surface area contributed by atoms with Crippen molar-refractivity contribution in [2.45, 2.75) is 83.8 Å². The lowest BCUT2D eigenvalue weighted by Gasteiger charge is -2.32. The number of pyridine rings is 1. The van der Waals surface area contributed by atoms with Gasteiger partial charge >= 0.3 is 0 Å². The third-order valence-corrected chi connectivity index (χ3v) is 8.69. The lowest BCUT2D eigenvalue weighted by atomic mass is 9.83. The van der Waals surface area contributed by atoms with Crippen molar-refractivity contribution in [3.8, 4) is 0 Å². The topological polar surface area (TPSA) is 63.1 Å². The predicted molar refractivity (Wildman–Crippen MR) is 143 cm³/mol. The van der Waals surface area contributed by atoms with Crippen molar-refractivity contribution in [2.75, 3.05) is 13.1 Å². The average molecular weight is 486 g/mol. The van der Waals surface area contributed by atoms with Gasteiger partial charge in [-0.3, -0.25) is 19.4 Å². The molecule has 190 valence electrons. The van der Waals surface area contributed by atoms with Crippen molar-refractivity contribution < 1.29 is 4.79 Å². The molecule has 3 aliphatic rings. The van der Waals surface area contributed by atoms with Crippen molar-refractivity contribution in [3.63, 3.8) is 0 Å². The van der Waals surface area contributed by atoms with Gasteiger partial charge in [-0.05, 0) is 87.9 Å². The minimum atomic E-state index is 0.0372. The number of rotatable bonds is 8. The van der Waals surface area contributed by atoms with Crippen LogP contribution in [0.5, 0.6) is 0 Å². The van der Waals surface area contributed by atoms with Gasteiger partial charge in [0, 0.05) is 60.5 Å². The quantitative estimate of drug-likeness (QED) is 0.480. The summed E-state index contributed by atoms with van der Waals surface area (Å²) in [5, 5.41) is 9.25. The van der Waals surface area contributed by atoms with Crippen molar-refractivity contribution in [2.24, 2.45) is 11.8 Å². The van der Waals surface area contributed by atoms with Crippen LogP contribution in [0.2, 0.25) is 0 Å². The Morgan fingerprint density at radius 1 is 1.06 bits per heavy atom. The molecule has 1 N–H and O–H groups in total. The maximum absolute atomic E-state index is 13.0. The van der Waals surface area contributed by atoms with Crippen LogP contribution in [0.3, 0.4) is 0 Å². The minimum Gasteiger partial charge on any atom is -0.349 e. The van der Waals surface area contributed by atoms with Gasteiger partial charge < -0.3 is 5.32 Å². The molecule has 3 heterocycles. The fourth-order valence-corrected chi connectivity index (χ4v) is 6.35. The average Bonchev–Trinajstić information content (AvgIpc) is 3.66. The van der Waals surface area contributed by atoms with Gasteiger partial charge in [0.2, 0.25) is 0 Å². The lowest BCUT2D eigenvalue weighted by Crippen LogP contribution is -2.38. The van der Waals surface area contributed by atoms with Gasteiger partial charge in [0.25, 0.3) is 5.91 Å². The molecule has 0 radical (unpaired) electrons. The number of carbonyl (C=O) groups excluding carboxylic acids is 1. The number of aromatic nitrogens is 3. The second-order valence-electron chi connectivity index (χ2n) is 11.2. The summed E-state index contributed by atoms with van der Waals surface area (Å²) in [7, 11) is 0. The molecule has 2 fully saturated rings. The first kappa shape index (κ1) is 23.7. The normalized spacial score (nSPS) is 22.5. The van der Waals surface area contributed by atoms with E-state index < -0.39 is 0 Å². The zero-order chi connectivity index (χ0) is 24.5. The highest BCUT2D eigenvalue weighted by atomic mass is 16.1. The molecule has 36 heavy (non-hydrogen) atoms. The molecule has 6 heteroatoms. The number of fused-ring (bicyclic) bond motifs is 2.